The zero-order valence-corrected chi connectivity index (χ0v) is 18.9. The lowest BCUT2D eigenvalue weighted by Crippen LogP contribution is -2.68. The van der Waals surface area contributed by atoms with Gasteiger partial charge in [-0.1, -0.05) is 5.23 Å². The van der Waals surface area contributed by atoms with Crippen LogP contribution < -0.4 is 15.4 Å². The van der Waals surface area contributed by atoms with Crippen molar-refractivity contribution in [1.29, 1.82) is 0 Å². The minimum Gasteiger partial charge on any atom is -0.383 e. The van der Waals surface area contributed by atoms with Crippen molar-refractivity contribution >= 4 is 45.2 Å². The molecule has 8 heterocycles. The van der Waals surface area contributed by atoms with Gasteiger partial charge in [-0.25, -0.2) is 41.2 Å². The molecule has 20 nitrogen and oxygen atoms in total. The topological polar surface area (TPSA) is 231 Å². The lowest BCUT2D eigenvalue weighted by atomic mass is 9.97. The van der Waals surface area contributed by atoms with Gasteiger partial charge in [0, 0.05) is 0 Å². The fourth-order valence-corrected chi connectivity index (χ4v) is 9.03. The van der Waals surface area contributed by atoms with Gasteiger partial charge in [-0.05, 0) is 15.9 Å². The summed E-state index contributed by atoms with van der Waals surface area (Å²) in [5, 5.41) is 22.4. The number of phosphoric ester groups is 2. The summed E-state index contributed by atoms with van der Waals surface area (Å²) in [7, 11) is -15.2. The van der Waals surface area contributed by atoms with E-state index in [1.165, 1.54) is 0 Å². The highest BCUT2D eigenvalue weighted by Crippen LogP contribution is 2.85. The number of anilines is 1. The van der Waals surface area contributed by atoms with Crippen LogP contribution in [-0.2, 0) is 65.8 Å². The largest absolute Gasteiger partial charge is 0.583 e. The number of rotatable bonds is 0. The van der Waals surface area contributed by atoms with Gasteiger partial charge in [0.2, 0.25) is 18.0 Å². The summed E-state index contributed by atoms with van der Waals surface area (Å²) in [5.74, 6) is -14.9. The van der Waals surface area contributed by atoms with E-state index in [1.54, 1.807) is 0 Å². The second-order valence-electron chi connectivity index (χ2n) is 7.12. The monoisotopic (exact) mass is 597 g/mol. The van der Waals surface area contributed by atoms with Crippen LogP contribution in [0.2, 0.25) is 0 Å². The molecule has 3 spiro atoms. The van der Waals surface area contributed by atoms with Crippen molar-refractivity contribution in [2.45, 2.75) is 29.6 Å². The molecule has 0 saturated carbocycles. The highest BCUT2D eigenvalue weighted by Gasteiger charge is 3.02. The van der Waals surface area contributed by atoms with Gasteiger partial charge in [0.05, 0.1) is 0 Å². The molecule has 2 N–H and O–H groups in total. The molecule has 7 aliphatic heterocycles. The van der Waals surface area contributed by atoms with Crippen molar-refractivity contribution in [2.75, 3.05) is 5.23 Å². The molecule has 1 aromatic heterocycles. The Bertz CT molecular complexity index is 1430. The van der Waals surface area contributed by atoms with Crippen molar-refractivity contribution in [3.8, 4) is 5.88 Å². The van der Waals surface area contributed by atoms with Crippen LogP contribution in [0.4, 0.5) is 5.82 Å². The van der Waals surface area contributed by atoms with Crippen LogP contribution >= 0.6 is 39.4 Å². The third-order valence-electron chi connectivity index (χ3n) is 5.38. The van der Waals surface area contributed by atoms with Crippen LogP contribution in [0.25, 0.3) is 0 Å². The van der Waals surface area contributed by atoms with Gasteiger partial charge in [0.25, 0.3) is 5.79 Å². The third-order valence-corrected chi connectivity index (χ3v) is 9.82. The number of halogens is 1. The molecule has 7 aliphatic rings. The summed E-state index contributed by atoms with van der Waals surface area (Å²) < 4.78 is 90.6. The number of hydrogen-bond acceptors (Lipinski definition) is 19. The number of aliphatic hydroxyl groups is 2. The Labute approximate surface area is 185 Å². The van der Waals surface area contributed by atoms with Crippen LogP contribution in [-0.4, -0.2) is 43.4 Å². The van der Waals surface area contributed by atoms with Gasteiger partial charge < -0.3 is 14.7 Å². The van der Waals surface area contributed by atoms with E-state index in [0.717, 1.165) is 0 Å². The van der Waals surface area contributed by atoms with Crippen molar-refractivity contribution < 1.29 is 74.6 Å². The van der Waals surface area contributed by atoms with Crippen LogP contribution in [0, 0.1) is 0 Å². The fourth-order valence-electron chi connectivity index (χ4n) is 4.21. The number of fused-ring (bicyclic) bond motifs is 6. The van der Waals surface area contributed by atoms with Crippen molar-refractivity contribution in [2.24, 2.45) is 0 Å². The molecule has 5 saturated heterocycles. The maximum atomic E-state index is 13.5. The van der Waals surface area contributed by atoms with Gasteiger partial charge in [0.1, 0.15) is 4.47 Å². The van der Waals surface area contributed by atoms with E-state index in [4.69, 9.17) is 50.7 Å². The van der Waals surface area contributed by atoms with Gasteiger partial charge in [-0.15, -0.1) is 13.9 Å². The maximum Gasteiger partial charge on any atom is 0.583 e. The van der Waals surface area contributed by atoms with Crippen LogP contribution in [0.15, 0.2) is 9.27 Å². The average molecular weight is 598 g/mol. The average Bonchev–Trinajstić information content (AvgIpc) is 3.10. The number of ether oxygens (including phenoxy) is 1. The molecule has 0 aromatic carbocycles. The molecule has 0 amide bonds. The predicted octanol–water partition coefficient (Wildman–Crippen LogP) is -0.469. The van der Waals surface area contributed by atoms with Crippen molar-refractivity contribution in [3.63, 3.8) is 0 Å². The molecule has 8 rings (SSSR count). The SMILES string of the molecule is O=c1nc2c(Br)c3n1C14O[C@]5(OP(=O)(OC5O)O1)[C@@]15OOP(=O)(O3)ON2OP(=O)(O1)O[C@@]45O. The predicted molar refractivity (Wildman–Crippen MR) is 87.4 cm³/mol. The van der Waals surface area contributed by atoms with E-state index >= 15 is 0 Å². The summed E-state index contributed by atoms with van der Waals surface area (Å²) in [6, 6.07) is 0. The first-order valence-electron chi connectivity index (χ1n) is 8.35. The Morgan fingerprint density at radius 1 is 1.06 bits per heavy atom. The Kier molecular flexibility index (Phi) is 3.18. The number of aromatic nitrogens is 2. The minimum absolute atomic E-state index is 0.0428. The Balaban J connectivity index is 1.64. The standard InChI is InChI=1S/C9H3BrN3O17P3/c10-1-2-11-5(15)12-3(1)20-32(18)28-13(2)29-33(19)25-7(16)8(26-33,23-30-32)6-4(14)21-31(17,24-6)27-9(7,12)22-6/h4,14,16H/t4?,6-,7-,8-,9?,31?,32?,33?/m1/s1. The summed E-state index contributed by atoms with van der Waals surface area (Å²) in [5.41, 5.74) is -1.43. The first-order valence-corrected chi connectivity index (χ1v) is 13.5. The third kappa shape index (κ3) is 1.87. The molecular formula is C9H3BrN3O17P3. The molecule has 9 bridgehead atoms. The maximum absolute atomic E-state index is 13.5. The highest BCUT2D eigenvalue weighted by molar-refractivity contribution is 9.10. The lowest BCUT2D eigenvalue weighted by molar-refractivity contribution is -0.465. The zero-order valence-electron chi connectivity index (χ0n) is 14.7. The van der Waals surface area contributed by atoms with E-state index in [2.05, 4.69) is 20.9 Å². The summed E-state index contributed by atoms with van der Waals surface area (Å²) in [6.45, 7) is 0. The summed E-state index contributed by atoms with van der Waals surface area (Å²) in [4.78, 5) is 21.8. The molecule has 5 fully saturated rings. The van der Waals surface area contributed by atoms with Gasteiger partial charge in [0.15, 0.2) is 0 Å². The number of phosphoric acid groups is 3. The van der Waals surface area contributed by atoms with E-state index in [0.29, 0.717) is 0 Å². The van der Waals surface area contributed by atoms with Crippen LogP contribution in [0.1, 0.15) is 0 Å². The van der Waals surface area contributed by atoms with Crippen molar-refractivity contribution in [3.05, 3.63) is 15.0 Å². The molecule has 178 valence electrons. The van der Waals surface area contributed by atoms with Crippen LogP contribution in [0.3, 0.4) is 0 Å². The second kappa shape index (κ2) is 5.16. The van der Waals surface area contributed by atoms with E-state index in [-0.39, 0.29) is 9.79 Å². The quantitative estimate of drug-likeness (QED) is 0.284. The minimum atomic E-state index is -5.21. The molecule has 0 aliphatic carbocycles. The fraction of sp³-hybridized carbons (Fsp3) is 0.556. The molecule has 0 radical (unpaired) electrons. The van der Waals surface area contributed by atoms with E-state index < -0.39 is 74.9 Å². The van der Waals surface area contributed by atoms with Gasteiger partial charge >= 0.3 is 46.6 Å². The van der Waals surface area contributed by atoms with Gasteiger partial charge in [-0.3, -0.25) is 9.26 Å². The Morgan fingerprint density at radius 2 is 1.82 bits per heavy atom. The molecular weight excluding hydrogens is 595 g/mol. The van der Waals surface area contributed by atoms with Crippen LogP contribution in [0.5, 0.6) is 5.88 Å². The molecule has 24 heteroatoms. The Hall–Kier alpha value is -0.830. The molecule has 8 atom stereocenters. The first-order chi connectivity index (χ1) is 15.3. The molecule has 1 aromatic rings. The normalized spacial score (nSPS) is 56.3. The highest BCUT2D eigenvalue weighted by atomic mass is 79.9. The molecule has 33 heavy (non-hydrogen) atoms. The second-order valence-corrected chi connectivity index (χ2v) is 12.2. The lowest BCUT2D eigenvalue weighted by Gasteiger charge is -2.40. The number of nitrogens with zero attached hydrogens (tertiary/aromatic N) is 3. The van der Waals surface area contributed by atoms with E-state index in [1.807, 2.05) is 0 Å². The van der Waals surface area contributed by atoms with E-state index in [9.17, 15) is 28.7 Å². The first kappa shape index (κ1) is 20.4. The summed E-state index contributed by atoms with van der Waals surface area (Å²) >= 11 is 3.01. The smallest absolute Gasteiger partial charge is 0.383 e. The van der Waals surface area contributed by atoms with Crippen molar-refractivity contribution in [1.82, 2.24) is 9.55 Å². The zero-order chi connectivity index (χ0) is 23.0. The van der Waals surface area contributed by atoms with Gasteiger partial charge in [-0.2, -0.15) is 9.87 Å². The Morgan fingerprint density at radius 3 is 2.61 bits per heavy atom. The molecule has 5 unspecified atom stereocenters. The number of hydrogen-bond donors (Lipinski definition) is 2. The summed E-state index contributed by atoms with van der Waals surface area (Å²) in [6.07, 6.45) is -2.51. The number of aliphatic hydroxyl groups excluding tert-OH is 1.